The van der Waals surface area contributed by atoms with Gasteiger partial charge in [-0.3, -0.25) is 0 Å². The van der Waals surface area contributed by atoms with Gasteiger partial charge in [-0.25, -0.2) is 9.97 Å². The minimum Gasteiger partial charge on any atom is -0.306 e. The van der Waals surface area contributed by atoms with E-state index >= 15 is 0 Å². The molecule has 21 heavy (non-hydrogen) atoms. The average molecular weight is 289 g/mol. The van der Waals surface area contributed by atoms with Gasteiger partial charge in [-0.15, -0.1) is 0 Å². The molecule has 1 saturated carbocycles. The third-order valence-electron chi connectivity index (χ3n) is 4.43. The fourth-order valence-electron chi connectivity index (χ4n) is 2.94. The van der Waals surface area contributed by atoms with Crippen LogP contribution < -0.4 is 5.32 Å². The maximum atomic E-state index is 4.83. The second kappa shape index (κ2) is 6.04. The average Bonchev–Trinajstić information content (AvgIpc) is 2.35. The summed E-state index contributed by atoms with van der Waals surface area (Å²) in [6.07, 6.45) is 5.01. The Balaban J connectivity index is 2.08. The maximum Gasteiger partial charge on any atom is 0.131 e. The molecule has 3 heteroatoms. The molecular formula is C18H31N3. The standard InChI is InChI=1S/C18H31N3/c1-13-11-15(12-19-17(2,3)4)21-16(20-13)14-7-9-18(5,6)10-8-14/h11,14,19H,7-10,12H2,1-6H3. The first kappa shape index (κ1) is 16.4. The molecule has 0 atom stereocenters. The zero-order valence-corrected chi connectivity index (χ0v) is 14.6. The summed E-state index contributed by atoms with van der Waals surface area (Å²) in [4.78, 5) is 9.55. The van der Waals surface area contributed by atoms with E-state index in [4.69, 9.17) is 9.97 Å². The molecule has 0 saturated heterocycles. The van der Waals surface area contributed by atoms with Crippen molar-refractivity contribution in [2.45, 2.75) is 85.2 Å². The molecule has 1 aromatic rings. The molecule has 1 fully saturated rings. The highest BCUT2D eigenvalue weighted by atomic mass is 15.0. The lowest BCUT2D eigenvalue weighted by atomic mass is 9.73. The third-order valence-corrected chi connectivity index (χ3v) is 4.43. The molecule has 0 spiro atoms. The van der Waals surface area contributed by atoms with Crippen LogP contribution in [0.3, 0.4) is 0 Å². The third kappa shape index (κ3) is 5.06. The lowest BCUT2D eigenvalue weighted by Crippen LogP contribution is -2.35. The number of rotatable bonds is 3. The number of nitrogens with one attached hydrogen (secondary N) is 1. The van der Waals surface area contributed by atoms with Gasteiger partial charge >= 0.3 is 0 Å². The lowest BCUT2D eigenvalue weighted by molar-refractivity contribution is 0.220. The monoisotopic (exact) mass is 289 g/mol. The molecular weight excluding hydrogens is 258 g/mol. The summed E-state index contributed by atoms with van der Waals surface area (Å²) >= 11 is 0. The van der Waals surface area contributed by atoms with Gasteiger partial charge < -0.3 is 5.32 Å². The Morgan fingerprint density at radius 2 is 1.81 bits per heavy atom. The van der Waals surface area contributed by atoms with Crippen LogP contribution in [0.1, 0.15) is 83.4 Å². The Bertz CT molecular complexity index is 476. The number of hydrogen-bond acceptors (Lipinski definition) is 3. The van der Waals surface area contributed by atoms with Crippen molar-refractivity contribution >= 4 is 0 Å². The molecule has 118 valence electrons. The SMILES string of the molecule is Cc1cc(CNC(C)(C)C)nc(C2CCC(C)(C)CC2)n1. The van der Waals surface area contributed by atoms with E-state index in [0.717, 1.165) is 23.8 Å². The first-order chi connectivity index (χ1) is 9.65. The fourth-order valence-corrected chi connectivity index (χ4v) is 2.94. The largest absolute Gasteiger partial charge is 0.306 e. The molecule has 0 aliphatic heterocycles. The summed E-state index contributed by atoms with van der Waals surface area (Å²) in [5, 5.41) is 3.52. The predicted molar refractivity (Wildman–Crippen MR) is 88.4 cm³/mol. The van der Waals surface area contributed by atoms with Crippen molar-refractivity contribution in [3.63, 3.8) is 0 Å². The van der Waals surface area contributed by atoms with Crippen LogP contribution >= 0.6 is 0 Å². The Labute approximate surface area is 130 Å². The molecule has 1 aromatic heterocycles. The van der Waals surface area contributed by atoms with Crippen LogP contribution in [0.25, 0.3) is 0 Å². The maximum absolute atomic E-state index is 4.83. The van der Waals surface area contributed by atoms with Gasteiger partial charge in [-0.1, -0.05) is 13.8 Å². The Kier molecular flexibility index (Phi) is 4.72. The van der Waals surface area contributed by atoms with Gasteiger partial charge in [0, 0.05) is 23.7 Å². The zero-order valence-electron chi connectivity index (χ0n) is 14.6. The normalized spacial score (nSPS) is 19.7. The van der Waals surface area contributed by atoms with Crippen LogP contribution in [0.5, 0.6) is 0 Å². The summed E-state index contributed by atoms with van der Waals surface area (Å²) < 4.78 is 0. The van der Waals surface area contributed by atoms with Gasteiger partial charge in [0.15, 0.2) is 0 Å². The smallest absolute Gasteiger partial charge is 0.131 e. The summed E-state index contributed by atoms with van der Waals surface area (Å²) in [6, 6.07) is 2.11. The molecule has 0 bridgehead atoms. The van der Waals surface area contributed by atoms with E-state index in [1.54, 1.807) is 0 Å². The summed E-state index contributed by atoms with van der Waals surface area (Å²) in [5.74, 6) is 1.61. The van der Waals surface area contributed by atoms with E-state index < -0.39 is 0 Å². The molecule has 0 unspecified atom stereocenters. The number of aryl methyl sites for hydroxylation is 1. The molecule has 3 nitrogen and oxygen atoms in total. The van der Waals surface area contributed by atoms with Crippen molar-refractivity contribution in [1.82, 2.24) is 15.3 Å². The van der Waals surface area contributed by atoms with Crippen LogP contribution in [-0.2, 0) is 6.54 Å². The minimum absolute atomic E-state index is 0.119. The first-order valence-corrected chi connectivity index (χ1v) is 8.24. The second-order valence-electron chi connectivity index (χ2n) is 8.40. The van der Waals surface area contributed by atoms with E-state index in [9.17, 15) is 0 Å². The van der Waals surface area contributed by atoms with Crippen LogP contribution in [0, 0.1) is 12.3 Å². The van der Waals surface area contributed by atoms with Gasteiger partial charge in [-0.2, -0.15) is 0 Å². The van der Waals surface area contributed by atoms with E-state index in [2.05, 4.69) is 52.9 Å². The quantitative estimate of drug-likeness (QED) is 0.898. The van der Waals surface area contributed by atoms with E-state index in [0.29, 0.717) is 11.3 Å². The Morgan fingerprint density at radius 3 is 2.38 bits per heavy atom. The van der Waals surface area contributed by atoms with Crippen molar-refractivity contribution in [3.05, 3.63) is 23.3 Å². The van der Waals surface area contributed by atoms with E-state index in [-0.39, 0.29) is 5.54 Å². The molecule has 1 aliphatic carbocycles. The van der Waals surface area contributed by atoms with Crippen molar-refractivity contribution in [2.75, 3.05) is 0 Å². The highest BCUT2D eigenvalue weighted by Gasteiger charge is 2.29. The highest BCUT2D eigenvalue weighted by molar-refractivity contribution is 5.13. The molecule has 0 aromatic carbocycles. The molecule has 1 heterocycles. The Hall–Kier alpha value is -0.960. The van der Waals surface area contributed by atoms with Gasteiger partial charge in [-0.05, 0) is 64.9 Å². The van der Waals surface area contributed by atoms with Crippen molar-refractivity contribution in [3.8, 4) is 0 Å². The fraction of sp³-hybridized carbons (Fsp3) is 0.778. The molecule has 2 rings (SSSR count). The van der Waals surface area contributed by atoms with Crippen LogP contribution in [0.15, 0.2) is 6.07 Å². The highest BCUT2D eigenvalue weighted by Crippen LogP contribution is 2.41. The summed E-state index contributed by atoms with van der Waals surface area (Å²) in [7, 11) is 0. The zero-order chi connectivity index (χ0) is 15.7. The number of hydrogen-bond donors (Lipinski definition) is 1. The van der Waals surface area contributed by atoms with Crippen molar-refractivity contribution in [2.24, 2.45) is 5.41 Å². The van der Waals surface area contributed by atoms with Crippen molar-refractivity contribution < 1.29 is 0 Å². The number of nitrogens with zero attached hydrogens (tertiary/aromatic N) is 2. The van der Waals surface area contributed by atoms with E-state index in [1.807, 2.05) is 0 Å². The molecule has 1 aliphatic rings. The van der Waals surface area contributed by atoms with Crippen LogP contribution in [0.2, 0.25) is 0 Å². The predicted octanol–water partition coefficient (Wildman–Crippen LogP) is 4.36. The van der Waals surface area contributed by atoms with E-state index in [1.165, 1.54) is 25.7 Å². The molecule has 0 amide bonds. The van der Waals surface area contributed by atoms with Crippen molar-refractivity contribution in [1.29, 1.82) is 0 Å². The van der Waals surface area contributed by atoms with Gasteiger partial charge in [0.1, 0.15) is 5.82 Å². The van der Waals surface area contributed by atoms with Crippen LogP contribution in [0.4, 0.5) is 0 Å². The van der Waals surface area contributed by atoms with Gasteiger partial charge in [0.2, 0.25) is 0 Å². The minimum atomic E-state index is 0.119. The second-order valence-corrected chi connectivity index (χ2v) is 8.40. The topological polar surface area (TPSA) is 37.8 Å². The van der Waals surface area contributed by atoms with Crippen LogP contribution in [-0.4, -0.2) is 15.5 Å². The Morgan fingerprint density at radius 1 is 1.19 bits per heavy atom. The van der Waals surface area contributed by atoms with Gasteiger partial charge in [0.25, 0.3) is 0 Å². The van der Waals surface area contributed by atoms with Gasteiger partial charge in [0.05, 0.1) is 5.69 Å². The number of aromatic nitrogens is 2. The lowest BCUT2D eigenvalue weighted by Gasteiger charge is -2.33. The molecule has 1 N–H and O–H groups in total. The summed E-state index contributed by atoms with van der Waals surface area (Å²) in [5.41, 5.74) is 2.83. The summed E-state index contributed by atoms with van der Waals surface area (Å²) in [6.45, 7) is 14.2. The first-order valence-electron chi connectivity index (χ1n) is 8.24. The molecule has 0 radical (unpaired) electrons.